The van der Waals surface area contributed by atoms with Gasteiger partial charge in [-0.2, -0.15) is 13.2 Å². The van der Waals surface area contributed by atoms with Crippen LogP contribution < -0.4 is 0 Å². The SMILES string of the molecule is COC1=C(C(F)(F)F)C(c2ccc(F)c(F)c2F)=CCC1. The van der Waals surface area contributed by atoms with Crippen molar-refractivity contribution in [2.45, 2.75) is 19.0 Å². The van der Waals surface area contributed by atoms with Gasteiger partial charge in [-0.05, 0) is 24.1 Å². The molecule has 0 bridgehead atoms. The van der Waals surface area contributed by atoms with Gasteiger partial charge in [0.2, 0.25) is 0 Å². The molecule has 7 heteroatoms. The topological polar surface area (TPSA) is 9.23 Å². The largest absolute Gasteiger partial charge is 0.500 e. The summed E-state index contributed by atoms with van der Waals surface area (Å²) in [6.45, 7) is 0. The molecule has 1 aliphatic carbocycles. The molecule has 2 rings (SSSR count). The second kappa shape index (κ2) is 5.46. The van der Waals surface area contributed by atoms with Crippen molar-refractivity contribution in [3.05, 3.63) is 52.6 Å². The average molecular weight is 308 g/mol. The highest BCUT2D eigenvalue weighted by Gasteiger charge is 2.41. The standard InChI is InChI=1S/C14H10F6O/c1-21-10-4-2-3-7(11(10)14(18,19)20)8-5-6-9(15)13(17)12(8)16/h3,5-6H,2,4H2,1H3. The fourth-order valence-corrected chi connectivity index (χ4v) is 2.22. The smallest absolute Gasteiger partial charge is 0.420 e. The summed E-state index contributed by atoms with van der Waals surface area (Å²) in [6.07, 6.45) is -3.48. The summed E-state index contributed by atoms with van der Waals surface area (Å²) in [4.78, 5) is 0. The van der Waals surface area contributed by atoms with Crippen LogP contribution in [0.5, 0.6) is 0 Å². The van der Waals surface area contributed by atoms with Crippen LogP contribution in [0.2, 0.25) is 0 Å². The maximum Gasteiger partial charge on any atom is 0.420 e. The minimum absolute atomic E-state index is 0.000138. The Kier molecular flexibility index (Phi) is 4.02. The Labute approximate surface area is 116 Å². The van der Waals surface area contributed by atoms with Crippen molar-refractivity contribution < 1.29 is 31.1 Å². The zero-order valence-corrected chi connectivity index (χ0v) is 10.8. The molecule has 1 aliphatic rings. The second-order valence-corrected chi connectivity index (χ2v) is 4.38. The van der Waals surface area contributed by atoms with E-state index in [4.69, 9.17) is 4.74 Å². The summed E-state index contributed by atoms with van der Waals surface area (Å²) in [5, 5.41) is 0. The second-order valence-electron chi connectivity index (χ2n) is 4.38. The van der Waals surface area contributed by atoms with Crippen LogP contribution >= 0.6 is 0 Å². The molecule has 1 nitrogen and oxygen atoms in total. The average Bonchev–Trinajstić information content (AvgIpc) is 2.43. The zero-order valence-electron chi connectivity index (χ0n) is 10.8. The Morgan fingerprint density at radius 3 is 2.29 bits per heavy atom. The lowest BCUT2D eigenvalue weighted by atomic mass is 9.89. The molecule has 0 heterocycles. The fraction of sp³-hybridized carbons (Fsp3) is 0.286. The minimum atomic E-state index is -4.80. The van der Waals surface area contributed by atoms with Crippen LogP contribution in [0.1, 0.15) is 18.4 Å². The van der Waals surface area contributed by atoms with Crippen LogP contribution in [-0.2, 0) is 4.74 Å². The van der Waals surface area contributed by atoms with E-state index in [0.29, 0.717) is 6.07 Å². The summed E-state index contributed by atoms with van der Waals surface area (Å²) in [5.41, 5.74) is -2.35. The van der Waals surface area contributed by atoms with Gasteiger partial charge in [-0.3, -0.25) is 0 Å². The van der Waals surface area contributed by atoms with Gasteiger partial charge in [0.1, 0.15) is 11.3 Å². The Hall–Kier alpha value is -1.92. The van der Waals surface area contributed by atoms with Crippen LogP contribution in [0.3, 0.4) is 0 Å². The molecule has 0 spiro atoms. The molecule has 114 valence electrons. The molecular formula is C14H10F6O. The number of hydrogen-bond donors (Lipinski definition) is 0. The number of hydrogen-bond acceptors (Lipinski definition) is 1. The van der Waals surface area contributed by atoms with E-state index in [1.807, 2.05) is 0 Å². The zero-order chi connectivity index (χ0) is 15.8. The van der Waals surface area contributed by atoms with Gasteiger partial charge in [-0.1, -0.05) is 6.08 Å². The highest BCUT2D eigenvalue weighted by molar-refractivity contribution is 5.82. The Bertz CT molecular complexity index is 627. The first-order valence-corrected chi connectivity index (χ1v) is 5.96. The van der Waals surface area contributed by atoms with Gasteiger partial charge in [0.05, 0.1) is 7.11 Å². The highest BCUT2D eigenvalue weighted by Crippen LogP contribution is 2.43. The Balaban J connectivity index is 2.65. The molecule has 0 amide bonds. The number of methoxy groups -OCH3 is 1. The van der Waals surface area contributed by atoms with Gasteiger partial charge in [-0.25, -0.2) is 13.2 Å². The van der Waals surface area contributed by atoms with Gasteiger partial charge in [-0.15, -0.1) is 0 Å². The Morgan fingerprint density at radius 2 is 1.71 bits per heavy atom. The molecule has 21 heavy (non-hydrogen) atoms. The van der Waals surface area contributed by atoms with Crippen LogP contribution in [0.25, 0.3) is 5.57 Å². The third-order valence-corrected chi connectivity index (χ3v) is 3.12. The Morgan fingerprint density at radius 1 is 1.05 bits per heavy atom. The van der Waals surface area contributed by atoms with Crippen molar-refractivity contribution in [1.82, 2.24) is 0 Å². The van der Waals surface area contributed by atoms with E-state index in [9.17, 15) is 26.3 Å². The quantitative estimate of drug-likeness (QED) is 0.566. The first-order valence-electron chi connectivity index (χ1n) is 5.96. The van der Waals surface area contributed by atoms with E-state index >= 15 is 0 Å². The predicted octanol–water partition coefficient (Wildman–Crippen LogP) is 4.74. The van der Waals surface area contributed by atoms with E-state index in [2.05, 4.69) is 0 Å². The molecule has 0 N–H and O–H groups in total. The molecule has 0 atom stereocenters. The lowest BCUT2D eigenvalue weighted by molar-refractivity contribution is -0.0906. The molecule has 0 unspecified atom stereocenters. The number of halogens is 6. The van der Waals surface area contributed by atoms with E-state index in [1.165, 1.54) is 0 Å². The van der Waals surface area contributed by atoms with Crippen molar-refractivity contribution in [3.63, 3.8) is 0 Å². The van der Waals surface area contributed by atoms with Gasteiger partial charge in [0.25, 0.3) is 0 Å². The summed E-state index contributed by atoms with van der Waals surface area (Å²) in [5.74, 6) is -5.28. The lowest BCUT2D eigenvalue weighted by Crippen LogP contribution is -2.19. The van der Waals surface area contributed by atoms with E-state index in [1.54, 1.807) is 0 Å². The molecule has 0 saturated heterocycles. The first kappa shape index (κ1) is 15.5. The fourth-order valence-electron chi connectivity index (χ4n) is 2.22. The monoisotopic (exact) mass is 308 g/mol. The molecule has 0 fully saturated rings. The summed E-state index contributed by atoms with van der Waals surface area (Å²) in [6, 6.07) is 1.37. The molecule has 1 aromatic rings. The molecule has 0 aliphatic heterocycles. The van der Waals surface area contributed by atoms with Crippen LogP contribution in [0, 0.1) is 17.5 Å². The van der Waals surface area contributed by atoms with E-state index in [-0.39, 0.29) is 18.6 Å². The van der Waals surface area contributed by atoms with Gasteiger partial charge < -0.3 is 4.74 Å². The first-order chi connectivity index (χ1) is 9.77. The molecule has 0 radical (unpaired) electrons. The number of benzene rings is 1. The van der Waals surface area contributed by atoms with Crippen molar-refractivity contribution >= 4 is 5.57 Å². The maximum atomic E-state index is 13.8. The number of ether oxygens (including phenoxy) is 1. The predicted molar refractivity (Wildman–Crippen MR) is 63.6 cm³/mol. The molecule has 0 saturated carbocycles. The number of allylic oxidation sites excluding steroid dienone is 4. The summed E-state index contributed by atoms with van der Waals surface area (Å²) < 4.78 is 84.1. The third kappa shape index (κ3) is 2.77. The van der Waals surface area contributed by atoms with Crippen LogP contribution in [0.15, 0.2) is 29.5 Å². The maximum absolute atomic E-state index is 13.8. The lowest BCUT2D eigenvalue weighted by Gasteiger charge is -2.23. The van der Waals surface area contributed by atoms with Crippen molar-refractivity contribution in [1.29, 1.82) is 0 Å². The van der Waals surface area contributed by atoms with Crippen molar-refractivity contribution in [2.75, 3.05) is 7.11 Å². The van der Waals surface area contributed by atoms with Crippen LogP contribution in [0.4, 0.5) is 26.3 Å². The van der Waals surface area contributed by atoms with Crippen molar-refractivity contribution in [2.24, 2.45) is 0 Å². The number of rotatable bonds is 2. The van der Waals surface area contributed by atoms with Gasteiger partial charge >= 0.3 is 6.18 Å². The van der Waals surface area contributed by atoms with Crippen LogP contribution in [-0.4, -0.2) is 13.3 Å². The summed E-state index contributed by atoms with van der Waals surface area (Å²) >= 11 is 0. The highest BCUT2D eigenvalue weighted by atomic mass is 19.4. The van der Waals surface area contributed by atoms with E-state index < -0.39 is 40.3 Å². The molecular weight excluding hydrogens is 298 g/mol. The third-order valence-electron chi connectivity index (χ3n) is 3.12. The summed E-state index contributed by atoms with van der Waals surface area (Å²) in [7, 11) is 1.08. The number of alkyl halides is 3. The van der Waals surface area contributed by atoms with Gasteiger partial charge in [0.15, 0.2) is 17.5 Å². The van der Waals surface area contributed by atoms with Gasteiger partial charge in [0, 0.05) is 12.0 Å². The van der Waals surface area contributed by atoms with E-state index in [0.717, 1.165) is 19.3 Å². The van der Waals surface area contributed by atoms with Crippen molar-refractivity contribution in [3.8, 4) is 0 Å². The minimum Gasteiger partial charge on any atom is -0.500 e. The molecule has 0 aromatic heterocycles. The normalized spacial score (nSPS) is 16.0. The molecule has 1 aromatic carbocycles.